The lowest BCUT2D eigenvalue weighted by molar-refractivity contribution is -0.648. The van der Waals surface area contributed by atoms with E-state index in [1.165, 1.54) is 6.08 Å². The minimum atomic E-state index is -0.186. The van der Waals surface area contributed by atoms with Crippen LogP contribution in [0.1, 0.15) is 11.3 Å². The van der Waals surface area contributed by atoms with Gasteiger partial charge in [-0.1, -0.05) is 28.4 Å². The quantitative estimate of drug-likeness (QED) is 0.614. The summed E-state index contributed by atoms with van der Waals surface area (Å²) in [5.41, 5.74) is 4.64. The van der Waals surface area contributed by atoms with E-state index in [-0.39, 0.29) is 18.3 Å². The number of carbonyl (C=O) groups is 1. The van der Waals surface area contributed by atoms with Gasteiger partial charge in [-0.2, -0.15) is 0 Å². The third kappa shape index (κ3) is 4.68. The van der Waals surface area contributed by atoms with Crippen molar-refractivity contribution < 1.29 is 21.9 Å². The molecule has 1 N–H and O–H groups in total. The summed E-state index contributed by atoms with van der Waals surface area (Å²) in [4.78, 5) is 11.8. The van der Waals surface area contributed by atoms with E-state index < -0.39 is 0 Å². The molecule has 0 saturated heterocycles. The van der Waals surface area contributed by atoms with Crippen molar-refractivity contribution in [1.29, 1.82) is 0 Å². The molecule has 0 bridgehead atoms. The molecule has 2 aromatic rings. The van der Waals surface area contributed by atoms with E-state index in [2.05, 4.69) is 5.43 Å². The van der Waals surface area contributed by atoms with Crippen LogP contribution >= 0.6 is 11.6 Å². The summed E-state index contributed by atoms with van der Waals surface area (Å²) in [7, 11) is 0. The molecule has 0 aliphatic rings. The molecule has 1 heterocycles. The summed E-state index contributed by atoms with van der Waals surface area (Å²) in [5.74, 6) is -0.186. The van der Waals surface area contributed by atoms with Crippen LogP contribution in [0.3, 0.4) is 0 Å². The standard InChI is InChI=1S/C15H13ClN2O.ClH/c1-12-4-2-3-11-18(12)17-15(19)10-7-13-5-8-14(16)9-6-13;/h2-11H,1H3;1H. The second-order valence-electron chi connectivity index (χ2n) is 4.07. The first-order valence-corrected chi connectivity index (χ1v) is 6.25. The average Bonchev–Trinajstić information content (AvgIpc) is 2.41. The molecular weight excluding hydrogens is 295 g/mol. The Balaban J connectivity index is 0.00000200. The number of benzene rings is 1. The number of hydrogen-bond donors (Lipinski definition) is 1. The van der Waals surface area contributed by atoms with Gasteiger partial charge in [0.25, 0.3) is 5.91 Å². The average molecular weight is 309 g/mol. The number of rotatable bonds is 3. The maximum atomic E-state index is 11.8. The highest BCUT2D eigenvalue weighted by Gasteiger charge is 2.06. The Morgan fingerprint density at radius 3 is 2.55 bits per heavy atom. The number of hydrogen-bond acceptors (Lipinski definition) is 1. The molecule has 1 amide bonds. The van der Waals surface area contributed by atoms with Gasteiger partial charge in [0.15, 0.2) is 6.20 Å². The van der Waals surface area contributed by atoms with Crippen LogP contribution in [0.15, 0.2) is 54.7 Å². The Hall–Kier alpha value is -1.84. The zero-order valence-electron chi connectivity index (χ0n) is 10.9. The van der Waals surface area contributed by atoms with Gasteiger partial charge < -0.3 is 12.4 Å². The highest BCUT2D eigenvalue weighted by molar-refractivity contribution is 6.30. The predicted octanol–water partition coefficient (Wildman–Crippen LogP) is -0.277. The number of pyridine rings is 1. The predicted molar refractivity (Wildman–Crippen MR) is 76.2 cm³/mol. The molecule has 1 aromatic carbocycles. The van der Waals surface area contributed by atoms with E-state index in [9.17, 15) is 4.79 Å². The summed E-state index contributed by atoms with van der Waals surface area (Å²) in [5, 5.41) is 0.678. The largest absolute Gasteiger partial charge is 1.00 e. The summed E-state index contributed by atoms with van der Waals surface area (Å²) >= 11 is 5.79. The molecule has 2 rings (SSSR count). The zero-order chi connectivity index (χ0) is 13.7. The number of amides is 1. The van der Waals surface area contributed by atoms with E-state index >= 15 is 0 Å². The fourth-order valence-corrected chi connectivity index (χ4v) is 1.68. The van der Waals surface area contributed by atoms with E-state index in [0.29, 0.717) is 5.02 Å². The molecule has 0 unspecified atom stereocenters. The minimum Gasteiger partial charge on any atom is -1.00 e. The van der Waals surface area contributed by atoms with Gasteiger partial charge >= 0.3 is 0 Å². The van der Waals surface area contributed by atoms with Crippen LogP contribution in [0, 0.1) is 6.92 Å². The first kappa shape index (κ1) is 16.2. The van der Waals surface area contributed by atoms with Crippen molar-refractivity contribution in [3.8, 4) is 0 Å². The van der Waals surface area contributed by atoms with E-state index in [1.54, 1.807) is 29.1 Å². The van der Waals surface area contributed by atoms with E-state index in [4.69, 9.17) is 11.6 Å². The minimum absolute atomic E-state index is 0. The smallest absolute Gasteiger partial charge is 0.298 e. The highest BCUT2D eigenvalue weighted by Crippen LogP contribution is 2.10. The lowest BCUT2D eigenvalue weighted by Gasteiger charge is -1.98. The van der Waals surface area contributed by atoms with E-state index in [1.807, 2.05) is 37.3 Å². The van der Waals surface area contributed by atoms with Gasteiger partial charge in [0.2, 0.25) is 5.69 Å². The van der Waals surface area contributed by atoms with Gasteiger partial charge in [0.1, 0.15) is 0 Å². The second kappa shape index (κ2) is 7.68. The highest BCUT2D eigenvalue weighted by atomic mass is 35.5. The Morgan fingerprint density at radius 2 is 1.90 bits per heavy atom. The van der Waals surface area contributed by atoms with Gasteiger partial charge in [-0.05, 0) is 29.8 Å². The number of halogens is 2. The van der Waals surface area contributed by atoms with Crippen molar-refractivity contribution in [2.24, 2.45) is 0 Å². The van der Waals surface area contributed by atoms with Crippen LogP contribution in [0.25, 0.3) is 6.08 Å². The molecule has 20 heavy (non-hydrogen) atoms. The zero-order valence-corrected chi connectivity index (χ0v) is 12.4. The summed E-state index contributed by atoms with van der Waals surface area (Å²) in [6, 6.07) is 13.0. The van der Waals surface area contributed by atoms with Gasteiger partial charge in [-0.3, -0.25) is 4.79 Å². The number of aryl methyl sites for hydroxylation is 1. The summed E-state index contributed by atoms with van der Waals surface area (Å²) in [6.07, 6.45) is 5.02. The number of nitrogens with one attached hydrogen (secondary N) is 1. The van der Waals surface area contributed by atoms with Crippen molar-refractivity contribution in [2.75, 3.05) is 5.43 Å². The molecule has 0 fully saturated rings. The Bertz CT molecular complexity index is 610. The molecule has 0 saturated carbocycles. The molecule has 1 aromatic heterocycles. The molecule has 5 heteroatoms. The van der Waals surface area contributed by atoms with Gasteiger partial charge in [0, 0.05) is 30.2 Å². The first-order valence-electron chi connectivity index (χ1n) is 5.87. The Labute approximate surface area is 129 Å². The molecule has 0 aliphatic carbocycles. The SMILES string of the molecule is Cc1cccc[n+]1NC(=O)C=Cc1ccc(Cl)cc1.[Cl-]. The van der Waals surface area contributed by atoms with Crippen molar-refractivity contribution in [3.63, 3.8) is 0 Å². The van der Waals surface area contributed by atoms with Crippen LogP contribution in [0.5, 0.6) is 0 Å². The molecule has 104 valence electrons. The monoisotopic (exact) mass is 308 g/mol. The third-order valence-electron chi connectivity index (χ3n) is 2.59. The fraction of sp³-hybridized carbons (Fsp3) is 0.0667. The van der Waals surface area contributed by atoms with Crippen molar-refractivity contribution >= 4 is 23.6 Å². The molecule has 0 atom stereocenters. The van der Waals surface area contributed by atoms with Crippen LogP contribution in [0.2, 0.25) is 5.02 Å². The number of aromatic nitrogens is 1. The van der Waals surface area contributed by atoms with Crippen molar-refractivity contribution in [3.05, 3.63) is 71.0 Å². The lowest BCUT2D eigenvalue weighted by atomic mass is 10.2. The Morgan fingerprint density at radius 1 is 1.20 bits per heavy atom. The maximum absolute atomic E-state index is 11.8. The van der Waals surface area contributed by atoms with Crippen LogP contribution in [-0.2, 0) is 4.79 Å². The van der Waals surface area contributed by atoms with Gasteiger partial charge in [0.05, 0.1) is 0 Å². The maximum Gasteiger partial charge on any atom is 0.298 e. The van der Waals surface area contributed by atoms with Gasteiger partial charge in [-0.15, -0.1) is 5.43 Å². The van der Waals surface area contributed by atoms with E-state index in [0.717, 1.165) is 11.3 Å². The molecule has 0 radical (unpaired) electrons. The molecule has 0 aliphatic heterocycles. The fourth-order valence-electron chi connectivity index (χ4n) is 1.56. The number of carbonyl (C=O) groups excluding carboxylic acids is 1. The van der Waals surface area contributed by atoms with Crippen LogP contribution in [0.4, 0.5) is 0 Å². The van der Waals surface area contributed by atoms with Crippen LogP contribution < -0.4 is 22.5 Å². The second-order valence-corrected chi connectivity index (χ2v) is 4.51. The topological polar surface area (TPSA) is 33.0 Å². The normalized spacial score (nSPS) is 10.1. The van der Waals surface area contributed by atoms with Crippen molar-refractivity contribution in [2.45, 2.75) is 6.92 Å². The molecular formula is C15H14Cl2N2O. The van der Waals surface area contributed by atoms with Crippen LogP contribution in [-0.4, -0.2) is 5.91 Å². The van der Waals surface area contributed by atoms with Crippen molar-refractivity contribution in [1.82, 2.24) is 0 Å². The van der Waals surface area contributed by atoms with Gasteiger partial charge in [-0.25, -0.2) is 0 Å². The third-order valence-corrected chi connectivity index (χ3v) is 2.84. The molecule has 3 nitrogen and oxygen atoms in total. The molecule has 0 spiro atoms. The lowest BCUT2D eigenvalue weighted by Crippen LogP contribution is -3.00. The number of nitrogens with zero attached hydrogens (tertiary/aromatic N) is 1. The summed E-state index contributed by atoms with van der Waals surface area (Å²) in [6.45, 7) is 1.92. The Kier molecular flexibility index (Phi) is 6.22. The summed E-state index contributed by atoms with van der Waals surface area (Å²) < 4.78 is 1.68. The first-order chi connectivity index (χ1) is 9.15.